The van der Waals surface area contributed by atoms with E-state index in [1.165, 1.54) is 41.3 Å². The minimum atomic E-state index is -0.985. The predicted molar refractivity (Wildman–Crippen MR) is 96.5 cm³/mol. The lowest BCUT2D eigenvalue weighted by Crippen LogP contribution is -2.20. The van der Waals surface area contributed by atoms with Crippen LogP contribution in [0.1, 0.15) is 13.8 Å². The molecule has 28 heavy (non-hydrogen) atoms. The standard InChI is InChI=1S/C16H15N5O7/c1-4-27-16(24)28-13-7-20-12-5-9(17-8(2)22)10(21(25)26)6-11(12)19(3)15(23)14(20)18-13/h5-7H,4H2,1-3H3,(H,17,22). The van der Waals surface area contributed by atoms with Crippen molar-refractivity contribution in [2.75, 3.05) is 11.9 Å². The highest BCUT2D eigenvalue weighted by Gasteiger charge is 2.21. The van der Waals surface area contributed by atoms with Crippen molar-refractivity contribution in [2.45, 2.75) is 13.8 Å². The maximum absolute atomic E-state index is 12.6. The Balaban J connectivity index is 2.30. The highest BCUT2D eigenvalue weighted by Crippen LogP contribution is 2.30. The summed E-state index contributed by atoms with van der Waals surface area (Å²) in [5.41, 5.74) is -0.507. The summed E-state index contributed by atoms with van der Waals surface area (Å²) in [5, 5.41) is 13.8. The van der Waals surface area contributed by atoms with Crippen LogP contribution in [0.25, 0.3) is 16.7 Å². The quantitative estimate of drug-likeness (QED) is 0.402. The summed E-state index contributed by atoms with van der Waals surface area (Å²) in [6.07, 6.45) is 0.293. The van der Waals surface area contributed by atoms with Crippen LogP contribution in [0.5, 0.6) is 5.88 Å². The van der Waals surface area contributed by atoms with Crippen LogP contribution in [0.15, 0.2) is 23.1 Å². The summed E-state index contributed by atoms with van der Waals surface area (Å²) >= 11 is 0. The van der Waals surface area contributed by atoms with Crippen molar-refractivity contribution in [3.8, 4) is 5.88 Å². The van der Waals surface area contributed by atoms with Crippen LogP contribution in [0.4, 0.5) is 16.2 Å². The number of hydrogen-bond donors (Lipinski definition) is 1. The van der Waals surface area contributed by atoms with Gasteiger partial charge in [-0.05, 0) is 13.0 Å². The first-order valence-electron chi connectivity index (χ1n) is 8.05. The number of anilines is 1. The van der Waals surface area contributed by atoms with Crippen molar-refractivity contribution in [1.29, 1.82) is 0 Å². The number of amides is 1. The van der Waals surface area contributed by atoms with Gasteiger partial charge in [0.2, 0.25) is 17.4 Å². The molecule has 0 fully saturated rings. The maximum atomic E-state index is 12.6. The highest BCUT2D eigenvalue weighted by atomic mass is 16.7. The van der Waals surface area contributed by atoms with E-state index in [0.29, 0.717) is 5.52 Å². The Labute approximate surface area is 156 Å². The Morgan fingerprint density at radius 1 is 1.32 bits per heavy atom. The van der Waals surface area contributed by atoms with E-state index in [2.05, 4.69) is 15.0 Å². The molecule has 0 unspecified atom stereocenters. The van der Waals surface area contributed by atoms with Crippen LogP contribution in [0.2, 0.25) is 0 Å². The van der Waals surface area contributed by atoms with E-state index in [9.17, 15) is 24.5 Å². The van der Waals surface area contributed by atoms with Crippen LogP contribution >= 0.6 is 0 Å². The Morgan fingerprint density at radius 3 is 2.64 bits per heavy atom. The van der Waals surface area contributed by atoms with Crippen molar-refractivity contribution >= 4 is 40.1 Å². The number of hydrogen-bond acceptors (Lipinski definition) is 8. The minimum absolute atomic E-state index is 0.0495. The number of carbonyl (C=O) groups is 2. The molecule has 1 N–H and O–H groups in total. The first-order chi connectivity index (χ1) is 13.2. The third-order valence-corrected chi connectivity index (χ3v) is 3.85. The smallest absolute Gasteiger partial charge is 0.434 e. The van der Waals surface area contributed by atoms with Gasteiger partial charge in [0.05, 0.1) is 28.8 Å². The fourth-order valence-corrected chi connectivity index (χ4v) is 2.70. The summed E-state index contributed by atoms with van der Waals surface area (Å²) in [7, 11) is 1.42. The average molecular weight is 389 g/mol. The summed E-state index contributed by atoms with van der Waals surface area (Å²) in [4.78, 5) is 50.2. The first kappa shape index (κ1) is 18.8. The molecule has 0 radical (unpaired) electrons. The van der Waals surface area contributed by atoms with Crippen molar-refractivity contribution in [3.05, 3.63) is 38.8 Å². The van der Waals surface area contributed by atoms with E-state index in [1.807, 2.05) is 0 Å². The number of nitro groups is 1. The second kappa shape index (κ2) is 6.98. The molecule has 0 spiro atoms. The molecule has 3 aromatic rings. The van der Waals surface area contributed by atoms with Gasteiger partial charge in [-0.15, -0.1) is 0 Å². The Morgan fingerprint density at radius 2 is 2.04 bits per heavy atom. The number of fused-ring (bicyclic) bond motifs is 3. The van der Waals surface area contributed by atoms with Gasteiger partial charge in [-0.1, -0.05) is 0 Å². The van der Waals surface area contributed by atoms with Gasteiger partial charge in [-0.2, -0.15) is 4.98 Å². The molecule has 0 aliphatic heterocycles. The zero-order valence-electron chi connectivity index (χ0n) is 15.1. The lowest BCUT2D eigenvalue weighted by atomic mass is 10.2. The molecular formula is C16H15N5O7. The number of ether oxygens (including phenoxy) is 2. The number of imidazole rings is 1. The molecule has 3 rings (SSSR count). The van der Waals surface area contributed by atoms with Gasteiger partial charge >= 0.3 is 6.16 Å². The molecule has 1 aromatic carbocycles. The van der Waals surface area contributed by atoms with Crippen LogP contribution in [0, 0.1) is 10.1 Å². The van der Waals surface area contributed by atoms with Gasteiger partial charge < -0.3 is 19.4 Å². The summed E-state index contributed by atoms with van der Waals surface area (Å²) in [6.45, 7) is 2.91. The molecule has 0 aliphatic carbocycles. The van der Waals surface area contributed by atoms with Crippen molar-refractivity contribution in [2.24, 2.45) is 7.05 Å². The molecule has 0 bridgehead atoms. The Hall–Kier alpha value is -3.96. The molecule has 12 nitrogen and oxygen atoms in total. The van der Waals surface area contributed by atoms with Gasteiger partial charge in [0.1, 0.15) is 5.69 Å². The molecule has 146 valence electrons. The number of nitrogens with one attached hydrogen (secondary N) is 1. The zero-order valence-corrected chi connectivity index (χ0v) is 15.1. The molecule has 0 saturated heterocycles. The van der Waals surface area contributed by atoms with E-state index in [1.54, 1.807) is 6.92 Å². The molecule has 1 amide bonds. The first-order valence-corrected chi connectivity index (χ1v) is 8.05. The Bertz CT molecular complexity index is 1190. The predicted octanol–water partition coefficient (Wildman–Crippen LogP) is 1.59. The molecular weight excluding hydrogens is 374 g/mol. The second-order valence-electron chi connectivity index (χ2n) is 5.72. The van der Waals surface area contributed by atoms with Crippen LogP contribution in [0.3, 0.4) is 0 Å². The lowest BCUT2D eigenvalue weighted by molar-refractivity contribution is -0.383. The van der Waals surface area contributed by atoms with Gasteiger partial charge in [0.25, 0.3) is 11.2 Å². The number of aryl methyl sites for hydroxylation is 1. The summed E-state index contributed by atoms with van der Waals surface area (Å²) < 4.78 is 12.1. The number of rotatable bonds is 4. The summed E-state index contributed by atoms with van der Waals surface area (Å²) in [6, 6.07) is 2.52. The molecule has 2 aromatic heterocycles. The third kappa shape index (κ3) is 3.22. The van der Waals surface area contributed by atoms with Crippen LogP contribution in [-0.4, -0.2) is 37.5 Å². The van der Waals surface area contributed by atoms with Crippen molar-refractivity contribution in [3.63, 3.8) is 0 Å². The number of carbonyl (C=O) groups excluding carboxylic acids is 2. The second-order valence-corrected chi connectivity index (χ2v) is 5.72. The van der Waals surface area contributed by atoms with Gasteiger partial charge in [-0.25, -0.2) is 4.79 Å². The zero-order chi connectivity index (χ0) is 20.6. The van der Waals surface area contributed by atoms with E-state index in [0.717, 1.165) is 0 Å². The molecule has 2 heterocycles. The average Bonchev–Trinajstić information content (AvgIpc) is 3.02. The van der Waals surface area contributed by atoms with E-state index < -0.39 is 22.5 Å². The van der Waals surface area contributed by atoms with E-state index in [-0.39, 0.29) is 35.0 Å². The number of aromatic nitrogens is 3. The Kier molecular flexibility index (Phi) is 4.69. The van der Waals surface area contributed by atoms with Gasteiger partial charge in [0, 0.05) is 20.0 Å². The van der Waals surface area contributed by atoms with Crippen LogP contribution < -0.4 is 15.6 Å². The van der Waals surface area contributed by atoms with E-state index in [4.69, 9.17) is 4.74 Å². The number of nitrogens with zero attached hydrogens (tertiary/aromatic N) is 4. The summed E-state index contributed by atoms with van der Waals surface area (Å²) in [5.74, 6) is -0.678. The fraction of sp³-hybridized carbons (Fsp3) is 0.250. The topological polar surface area (TPSA) is 147 Å². The van der Waals surface area contributed by atoms with Gasteiger partial charge in [0.15, 0.2) is 0 Å². The third-order valence-electron chi connectivity index (χ3n) is 3.85. The SMILES string of the molecule is CCOC(=O)Oc1cn2c(n1)c(=O)n(C)c1cc([N+](=O)[O-])c(NC(C)=O)cc12. The molecule has 0 saturated carbocycles. The fourth-order valence-electron chi connectivity index (χ4n) is 2.70. The molecule has 0 aliphatic rings. The monoisotopic (exact) mass is 389 g/mol. The molecule has 0 atom stereocenters. The van der Waals surface area contributed by atoms with Crippen molar-refractivity contribution < 1.29 is 24.0 Å². The minimum Gasteiger partial charge on any atom is -0.434 e. The normalized spacial score (nSPS) is 10.8. The number of nitro benzene ring substituents is 1. The lowest BCUT2D eigenvalue weighted by Gasteiger charge is -2.10. The van der Waals surface area contributed by atoms with Crippen molar-refractivity contribution in [1.82, 2.24) is 14.0 Å². The number of benzene rings is 1. The van der Waals surface area contributed by atoms with Crippen LogP contribution in [-0.2, 0) is 16.6 Å². The highest BCUT2D eigenvalue weighted by molar-refractivity contribution is 5.96. The van der Waals surface area contributed by atoms with Gasteiger partial charge in [-0.3, -0.25) is 24.1 Å². The molecule has 12 heteroatoms. The maximum Gasteiger partial charge on any atom is 0.515 e. The largest absolute Gasteiger partial charge is 0.515 e. The van der Waals surface area contributed by atoms with E-state index >= 15 is 0 Å².